The third kappa shape index (κ3) is 2.75. The van der Waals surface area contributed by atoms with E-state index in [4.69, 9.17) is 22.7 Å². The van der Waals surface area contributed by atoms with E-state index in [0.29, 0.717) is 0 Å². The number of aryl methyl sites for hydroxylation is 1. The second kappa shape index (κ2) is 5.51. The minimum Gasteiger partial charge on any atom is -0.486 e. The van der Waals surface area contributed by atoms with Crippen LogP contribution in [-0.4, -0.2) is 5.11 Å². The van der Waals surface area contributed by atoms with E-state index >= 15 is 0 Å². The number of anilines is 1. The molecule has 0 heterocycles. The van der Waals surface area contributed by atoms with Crippen molar-refractivity contribution >= 4 is 23.0 Å². The molecule has 0 bridgehead atoms. The Bertz CT molecular complexity index is 625. The third-order valence-corrected chi connectivity index (χ3v) is 3.58. The predicted octanol–water partition coefficient (Wildman–Crippen LogP) is 3.41. The fourth-order valence-corrected chi connectivity index (χ4v) is 2.68. The number of rotatable bonds is 3. The van der Waals surface area contributed by atoms with Crippen LogP contribution in [0.4, 0.5) is 5.69 Å². The molecule has 3 nitrogen and oxygen atoms in total. The molecular formula is C16H16N2OS. The molecular weight excluding hydrogens is 268 g/mol. The van der Waals surface area contributed by atoms with Gasteiger partial charge in [0.1, 0.15) is 11.9 Å². The van der Waals surface area contributed by atoms with Crippen molar-refractivity contribution in [1.82, 2.24) is 0 Å². The molecule has 0 saturated carbocycles. The zero-order chi connectivity index (χ0) is 13.9. The largest absolute Gasteiger partial charge is 0.486 e. The lowest BCUT2D eigenvalue weighted by Gasteiger charge is -2.15. The Hall–Kier alpha value is -2.07. The second-order valence-corrected chi connectivity index (χ2v) is 5.30. The summed E-state index contributed by atoms with van der Waals surface area (Å²) in [5.74, 6) is 0.861. The first-order chi connectivity index (χ1) is 9.72. The summed E-state index contributed by atoms with van der Waals surface area (Å²) < 4.78 is 6.07. The van der Waals surface area contributed by atoms with Crippen LogP contribution < -0.4 is 15.8 Å². The van der Waals surface area contributed by atoms with Gasteiger partial charge in [0.25, 0.3) is 0 Å². The number of thiocarbonyl (C=S) groups is 1. The Morgan fingerprint density at radius 1 is 1.15 bits per heavy atom. The molecule has 3 N–H and O–H groups in total. The summed E-state index contributed by atoms with van der Waals surface area (Å²) in [6, 6.07) is 16.2. The maximum Gasteiger partial charge on any atom is 0.168 e. The van der Waals surface area contributed by atoms with Crippen molar-refractivity contribution in [3.05, 3.63) is 59.7 Å². The van der Waals surface area contributed by atoms with Crippen molar-refractivity contribution in [2.45, 2.75) is 18.9 Å². The zero-order valence-electron chi connectivity index (χ0n) is 11.0. The minimum atomic E-state index is 0.153. The molecule has 1 atom stereocenters. The highest BCUT2D eigenvalue weighted by atomic mass is 32.1. The number of hydrogen-bond acceptors (Lipinski definition) is 2. The van der Waals surface area contributed by atoms with Crippen LogP contribution in [0.2, 0.25) is 0 Å². The summed E-state index contributed by atoms with van der Waals surface area (Å²) >= 11 is 4.81. The highest BCUT2D eigenvalue weighted by molar-refractivity contribution is 7.80. The van der Waals surface area contributed by atoms with Crippen LogP contribution in [0.5, 0.6) is 5.75 Å². The number of ether oxygens (including phenoxy) is 1. The first-order valence-corrected chi connectivity index (χ1v) is 7.04. The Balaban J connectivity index is 1.71. The Kier molecular flexibility index (Phi) is 3.56. The SMILES string of the molecule is NC(=S)Nc1ccc(OC2CCc3ccccc32)cc1. The molecule has 3 rings (SSSR count). The highest BCUT2D eigenvalue weighted by Gasteiger charge is 2.23. The lowest BCUT2D eigenvalue weighted by Crippen LogP contribution is -2.18. The van der Waals surface area contributed by atoms with Crippen LogP contribution >= 0.6 is 12.2 Å². The van der Waals surface area contributed by atoms with Crippen molar-refractivity contribution in [3.8, 4) is 5.75 Å². The van der Waals surface area contributed by atoms with Crippen molar-refractivity contribution < 1.29 is 4.74 Å². The van der Waals surface area contributed by atoms with E-state index in [1.165, 1.54) is 11.1 Å². The molecule has 0 saturated heterocycles. The monoisotopic (exact) mass is 284 g/mol. The van der Waals surface area contributed by atoms with Gasteiger partial charge in [-0.1, -0.05) is 24.3 Å². The Morgan fingerprint density at radius 3 is 2.65 bits per heavy atom. The number of fused-ring (bicyclic) bond motifs is 1. The average Bonchev–Trinajstić information content (AvgIpc) is 2.84. The molecule has 0 fully saturated rings. The van der Waals surface area contributed by atoms with Crippen LogP contribution in [0.1, 0.15) is 23.7 Å². The lowest BCUT2D eigenvalue weighted by atomic mass is 10.1. The molecule has 0 radical (unpaired) electrons. The van der Waals surface area contributed by atoms with E-state index in [-0.39, 0.29) is 11.2 Å². The quantitative estimate of drug-likeness (QED) is 0.848. The van der Waals surface area contributed by atoms with Gasteiger partial charge in [-0.05, 0) is 60.5 Å². The van der Waals surface area contributed by atoms with Crippen molar-refractivity contribution in [3.63, 3.8) is 0 Å². The lowest BCUT2D eigenvalue weighted by molar-refractivity contribution is 0.207. The van der Waals surface area contributed by atoms with Gasteiger partial charge in [0.05, 0.1) is 0 Å². The molecule has 4 heteroatoms. The Morgan fingerprint density at radius 2 is 1.90 bits per heavy atom. The smallest absolute Gasteiger partial charge is 0.168 e. The molecule has 0 amide bonds. The third-order valence-electron chi connectivity index (χ3n) is 3.48. The zero-order valence-corrected chi connectivity index (χ0v) is 11.8. The summed E-state index contributed by atoms with van der Waals surface area (Å²) in [5.41, 5.74) is 9.01. The summed E-state index contributed by atoms with van der Waals surface area (Å²) in [6.45, 7) is 0. The molecule has 1 unspecified atom stereocenters. The predicted molar refractivity (Wildman–Crippen MR) is 85.0 cm³/mol. The molecule has 2 aromatic carbocycles. The highest BCUT2D eigenvalue weighted by Crippen LogP contribution is 2.34. The van der Waals surface area contributed by atoms with E-state index in [2.05, 4.69) is 29.6 Å². The van der Waals surface area contributed by atoms with E-state index in [1.807, 2.05) is 24.3 Å². The van der Waals surface area contributed by atoms with Crippen molar-refractivity contribution in [2.24, 2.45) is 5.73 Å². The summed E-state index contributed by atoms with van der Waals surface area (Å²) in [5, 5.41) is 3.16. The van der Waals surface area contributed by atoms with Gasteiger partial charge in [-0.25, -0.2) is 0 Å². The van der Waals surface area contributed by atoms with E-state index in [0.717, 1.165) is 24.3 Å². The summed E-state index contributed by atoms with van der Waals surface area (Å²) in [6.07, 6.45) is 2.27. The first kappa shape index (κ1) is 12.9. The minimum absolute atomic E-state index is 0.153. The standard InChI is InChI=1S/C16H16N2OS/c17-16(20)18-12-6-8-13(9-7-12)19-15-10-5-11-3-1-2-4-14(11)15/h1-4,6-9,15H,5,10H2,(H3,17,18,20). The van der Waals surface area contributed by atoms with Crippen LogP contribution in [0.15, 0.2) is 48.5 Å². The molecule has 0 aromatic heterocycles. The van der Waals surface area contributed by atoms with Gasteiger partial charge >= 0.3 is 0 Å². The van der Waals surface area contributed by atoms with Gasteiger partial charge in [0.2, 0.25) is 0 Å². The van der Waals surface area contributed by atoms with E-state index in [9.17, 15) is 0 Å². The van der Waals surface area contributed by atoms with E-state index < -0.39 is 0 Å². The first-order valence-electron chi connectivity index (χ1n) is 6.63. The van der Waals surface area contributed by atoms with Gasteiger partial charge in [-0.15, -0.1) is 0 Å². The van der Waals surface area contributed by atoms with Crippen LogP contribution in [0, 0.1) is 0 Å². The van der Waals surface area contributed by atoms with Crippen LogP contribution in [-0.2, 0) is 6.42 Å². The number of nitrogens with two attached hydrogens (primary N) is 1. The Labute approximate surface area is 123 Å². The van der Waals surface area contributed by atoms with E-state index in [1.54, 1.807) is 0 Å². The summed E-state index contributed by atoms with van der Waals surface area (Å²) in [4.78, 5) is 0. The number of benzene rings is 2. The van der Waals surface area contributed by atoms with Gasteiger partial charge in [0.15, 0.2) is 5.11 Å². The van der Waals surface area contributed by atoms with Crippen LogP contribution in [0.3, 0.4) is 0 Å². The van der Waals surface area contributed by atoms with Crippen molar-refractivity contribution in [2.75, 3.05) is 5.32 Å². The normalized spacial score (nSPS) is 16.5. The maximum atomic E-state index is 6.07. The molecule has 20 heavy (non-hydrogen) atoms. The number of nitrogens with one attached hydrogen (secondary N) is 1. The number of hydrogen-bond donors (Lipinski definition) is 2. The van der Waals surface area contributed by atoms with Gasteiger partial charge in [-0.2, -0.15) is 0 Å². The van der Waals surface area contributed by atoms with Gasteiger partial charge in [-0.3, -0.25) is 0 Å². The molecule has 102 valence electrons. The molecule has 0 spiro atoms. The molecule has 1 aliphatic carbocycles. The summed E-state index contributed by atoms with van der Waals surface area (Å²) in [7, 11) is 0. The maximum absolute atomic E-state index is 6.07. The van der Waals surface area contributed by atoms with Crippen LogP contribution in [0.25, 0.3) is 0 Å². The molecule has 1 aliphatic rings. The second-order valence-electron chi connectivity index (χ2n) is 4.86. The average molecular weight is 284 g/mol. The fourth-order valence-electron chi connectivity index (χ4n) is 2.56. The topological polar surface area (TPSA) is 47.3 Å². The fraction of sp³-hybridized carbons (Fsp3) is 0.188. The van der Waals surface area contributed by atoms with Gasteiger partial charge < -0.3 is 15.8 Å². The molecule has 0 aliphatic heterocycles. The van der Waals surface area contributed by atoms with Gasteiger partial charge in [0, 0.05) is 5.69 Å². The van der Waals surface area contributed by atoms with Crippen molar-refractivity contribution in [1.29, 1.82) is 0 Å². The molecule has 2 aromatic rings.